The molecule has 0 spiro atoms. The Morgan fingerprint density at radius 1 is 1.20 bits per heavy atom. The Hall–Kier alpha value is -2.17. The zero-order chi connectivity index (χ0) is 17.2. The van der Waals surface area contributed by atoms with Crippen molar-refractivity contribution in [3.63, 3.8) is 0 Å². The largest absolute Gasteiger partial charge is 0.354 e. The highest BCUT2D eigenvalue weighted by Crippen LogP contribution is 2.24. The number of nitrogens with zero attached hydrogens (tertiary/aromatic N) is 5. The summed E-state index contributed by atoms with van der Waals surface area (Å²) in [6.45, 7) is 4.22. The lowest BCUT2D eigenvalue weighted by atomic mass is 10.0. The highest BCUT2D eigenvalue weighted by molar-refractivity contribution is 7.09. The Morgan fingerprint density at radius 2 is 2.00 bits per heavy atom. The molecule has 25 heavy (non-hydrogen) atoms. The molecule has 0 unspecified atom stereocenters. The zero-order valence-corrected chi connectivity index (χ0v) is 15.0. The predicted octanol–water partition coefficient (Wildman–Crippen LogP) is 1.83. The lowest BCUT2D eigenvalue weighted by Gasteiger charge is -2.35. The first kappa shape index (κ1) is 16.3. The smallest absolute Gasteiger partial charge is 0.308 e. The van der Waals surface area contributed by atoms with E-state index in [-0.39, 0.29) is 4.87 Å². The number of anilines is 1. The van der Waals surface area contributed by atoms with Crippen LogP contribution in [0.25, 0.3) is 0 Å². The molecule has 130 valence electrons. The molecule has 1 aliphatic heterocycles. The minimum Gasteiger partial charge on any atom is -0.354 e. The van der Waals surface area contributed by atoms with E-state index in [2.05, 4.69) is 20.9 Å². The second kappa shape index (κ2) is 6.98. The quantitative estimate of drug-likeness (QED) is 0.840. The number of pyridine rings is 1. The van der Waals surface area contributed by atoms with E-state index in [0.29, 0.717) is 12.2 Å². The van der Waals surface area contributed by atoms with E-state index in [4.69, 9.17) is 5.26 Å². The van der Waals surface area contributed by atoms with Crippen LogP contribution >= 0.6 is 11.3 Å². The minimum absolute atomic E-state index is 0.192. The van der Waals surface area contributed by atoms with Gasteiger partial charge in [0.2, 0.25) is 0 Å². The van der Waals surface area contributed by atoms with Crippen LogP contribution in [0, 0.1) is 11.3 Å². The van der Waals surface area contributed by atoms with Crippen LogP contribution in [-0.2, 0) is 19.5 Å². The standard InChI is InChI=1S/C18H21N5OS/c19-12-14-5-6-20-17(11-14)22-9-7-21(8-10-22)13-23-15-3-1-2-4-16(15)25-18(23)24/h5-6,11H,1-4,7-10,13H2. The Bertz CT molecular complexity index is 857. The summed E-state index contributed by atoms with van der Waals surface area (Å²) < 4.78 is 1.99. The predicted molar refractivity (Wildman–Crippen MR) is 98.0 cm³/mol. The molecule has 0 atom stereocenters. The van der Waals surface area contributed by atoms with Crippen molar-refractivity contribution < 1.29 is 0 Å². The molecule has 1 saturated heterocycles. The maximum Gasteiger partial charge on any atom is 0.308 e. The third kappa shape index (κ3) is 3.32. The van der Waals surface area contributed by atoms with Crippen molar-refractivity contribution in [3.05, 3.63) is 44.1 Å². The number of thiazole rings is 1. The van der Waals surface area contributed by atoms with E-state index in [1.54, 1.807) is 12.3 Å². The molecule has 1 aliphatic carbocycles. The second-order valence-electron chi connectivity index (χ2n) is 6.63. The van der Waals surface area contributed by atoms with Crippen molar-refractivity contribution in [2.45, 2.75) is 32.4 Å². The lowest BCUT2D eigenvalue weighted by molar-refractivity contribution is 0.201. The fourth-order valence-corrected chi connectivity index (χ4v) is 4.72. The van der Waals surface area contributed by atoms with E-state index < -0.39 is 0 Å². The number of nitriles is 1. The van der Waals surface area contributed by atoms with Crippen molar-refractivity contribution in [3.8, 4) is 6.07 Å². The fourth-order valence-electron chi connectivity index (χ4n) is 3.65. The first-order valence-corrected chi connectivity index (χ1v) is 9.61. The van der Waals surface area contributed by atoms with E-state index in [9.17, 15) is 4.79 Å². The highest BCUT2D eigenvalue weighted by atomic mass is 32.1. The Labute approximate surface area is 150 Å². The molecule has 4 rings (SSSR count). The third-order valence-electron chi connectivity index (χ3n) is 5.06. The van der Waals surface area contributed by atoms with Gasteiger partial charge < -0.3 is 4.90 Å². The summed E-state index contributed by atoms with van der Waals surface area (Å²) in [5.41, 5.74) is 1.91. The summed E-state index contributed by atoms with van der Waals surface area (Å²) in [6, 6.07) is 5.74. The maximum atomic E-state index is 12.3. The molecule has 2 aromatic rings. The van der Waals surface area contributed by atoms with Gasteiger partial charge in [0.05, 0.1) is 18.3 Å². The van der Waals surface area contributed by atoms with E-state index >= 15 is 0 Å². The number of hydrogen-bond donors (Lipinski definition) is 0. The van der Waals surface area contributed by atoms with Gasteiger partial charge in [0.15, 0.2) is 0 Å². The molecule has 0 bridgehead atoms. The van der Waals surface area contributed by atoms with Gasteiger partial charge >= 0.3 is 4.87 Å². The van der Waals surface area contributed by atoms with Crippen LogP contribution < -0.4 is 9.77 Å². The Balaban J connectivity index is 1.42. The molecule has 2 aliphatic rings. The van der Waals surface area contributed by atoms with E-state index in [1.165, 1.54) is 34.7 Å². The SMILES string of the molecule is N#Cc1ccnc(N2CCN(Cn3c4c(sc3=O)CCCC4)CC2)c1. The topological polar surface area (TPSA) is 65.2 Å². The fraction of sp³-hybridized carbons (Fsp3) is 0.500. The molecular weight excluding hydrogens is 334 g/mol. The number of aryl methyl sites for hydroxylation is 1. The van der Waals surface area contributed by atoms with Gasteiger partial charge in [0.1, 0.15) is 5.82 Å². The average Bonchev–Trinajstić information content (AvgIpc) is 2.98. The summed E-state index contributed by atoms with van der Waals surface area (Å²) in [4.78, 5) is 22.8. The van der Waals surface area contributed by atoms with Gasteiger partial charge in [-0.1, -0.05) is 11.3 Å². The monoisotopic (exact) mass is 355 g/mol. The van der Waals surface area contributed by atoms with Crippen LogP contribution in [0.1, 0.15) is 29.0 Å². The van der Waals surface area contributed by atoms with Crippen molar-refractivity contribution in [1.82, 2.24) is 14.5 Å². The first-order chi connectivity index (χ1) is 12.2. The third-order valence-corrected chi connectivity index (χ3v) is 6.14. The van der Waals surface area contributed by atoms with Gasteiger partial charge in [-0.2, -0.15) is 5.26 Å². The number of fused-ring (bicyclic) bond motifs is 1. The van der Waals surface area contributed by atoms with Gasteiger partial charge in [0, 0.05) is 42.9 Å². The van der Waals surface area contributed by atoms with Crippen molar-refractivity contribution in [2.75, 3.05) is 31.1 Å². The van der Waals surface area contributed by atoms with Crippen LogP contribution in [0.4, 0.5) is 5.82 Å². The van der Waals surface area contributed by atoms with Gasteiger partial charge in [0.25, 0.3) is 0 Å². The van der Waals surface area contributed by atoms with E-state index in [1.807, 2.05) is 10.6 Å². The molecule has 2 aromatic heterocycles. The zero-order valence-electron chi connectivity index (χ0n) is 14.1. The maximum absolute atomic E-state index is 12.3. The summed E-state index contributed by atoms with van der Waals surface area (Å²) >= 11 is 1.44. The summed E-state index contributed by atoms with van der Waals surface area (Å²) in [5.74, 6) is 0.865. The molecule has 1 fully saturated rings. The molecule has 3 heterocycles. The van der Waals surface area contributed by atoms with Crippen molar-refractivity contribution in [1.29, 1.82) is 5.26 Å². The molecule has 0 N–H and O–H groups in total. The lowest BCUT2D eigenvalue weighted by Crippen LogP contribution is -2.48. The van der Waals surface area contributed by atoms with E-state index in [0.717, 1.165) is 44.8 Å². The Kier molecular flexibility index (Phi) is 4.55. The Morgan fingerprint density at radius 3 is 2.80 bits per heavy atom. The van der Waals surface area contributed by atoms with Gasteiger partial charge in [-0.05, 0) is 37.8 Å². The van der Waals surface area contributed by atoms with Crippen LogP contribution in [0.15, 0.2) is 23.1 Å². The number of aromatic nitrogens is 2. The molecule has 0 saturated carbocycles. The first-order valence-electron chi connectivity index (χ1n) is 8.79. The summed E-state index contributed by atoms with van der Waals surface area (Å²) in [6.07, 6.45) is 6.20. The highest BCUT2D eigenvalue weighted by Gasteiger charge is 2.22. The molecule has 0 radical (unpaired) electrons. The molecule has 0 aromatic carbocycles. The summed E-state index contributed by atoms with van der Waals surface area (Å²) in [5, 5.41) is 9.03. The molecule has 7 heteroatoms. The van der Waals surface area contributed by atoms with Crippen molar-refractivity contribution >= 4 is 17.2 Å². The number of rotatable bonds is 3. The number of piperazine rings is 1. The van der Waals surface area contributed by atoms with Crippen LogP contribution in [0.3, 0.4) is 0 Å². The molecular formula is C18H21N5OS. The van der Waals surface area contributed by atoms with Gasteiger partial charge in [-0.3, -0.25) is 14.3 Å². The normalized spacial score (nSPS) is 18.0. The van der Waals surface area contributed by atoms with Crippen LogP contribution in [0.5, 0.6) is 0 Å². The summed E-state index contributed by atoms with van der Waals surface area (Å²) in [7, 11) is 0. The van der Waals surface area contributed by atoms with Gasteiger partial charge in [-0.15, -0.1) is 0 Å². The van der Waals surface area contributed by atoms with Crippen LogP contribution in [-0.4, -0.2) is 40.6 Å². The average molecular weight is 355 g/mol. The second-order valence-corrected chi connectivity index (χ2v) is 7.68. The number of hydrogen-bond acceptors (Lipinski definition) is 6. The molecule has 0 amide bonds. The van der Waals surface area contributed by atoms with Crippen molar-refractivity contribution in [2.24, 2.45) is 0 Å². The van der Waals surface area contributed by atoms with Crippen LogP contribution in [0.2, 0.25) is 0 Å². The van der Waals surface area contributed by atoms with Gasteiger partial charge in [-0.25, -0.2) is 4.98 Å². The minimum atomic E-state index is 0.192. The molecule has 6 nitrogen and oxygen atoms in total.